The summed E-state index contributed by atoms with van der Waals surface area (Å²) in [4.78, 5) is 20.9. The lowest BCUT2D eigenvalue weighted by Crippen LogP contribution is -2.62. The van der Waals surface area contributed by atoms with E-state index in [1.807, 2.05) is 12.3 Å². The first-order chi connectivity index (χ1) is 11.4. The van der Waals surface area contributed by atoms with E-state index in [-0.39, 0.29) is 5.91 Å². The third-order valence-electron chi connectivity index (χ3n) is 5.63. The smallest absolute Gasteiger partial charge is 0.269 e. The fourth-order valence-corrected chi connectivity index (χ4v) is 3.78. The van der Waals surface area contributed by atoms with E-state index < -0.39 is 0 Å². The van der Waals surface area contributed by atoms with Gasteiger partial charge in [-0.25, -0.2) is 4.98 Å². The SMILES string of the molecule is CNC(=O)c1ccc(N2CC(N3CCCC(C(C)(C)C)C3)C2)cn1. The van der Waals surface area contributed by atoms with Crippen molar-refractivity contribution in [2.75, 3.05) is 38.1 Å². The number of hydrogen-bond acceptors (Lipinski definition) is 4. The predicted molar refractivity (Wildman–Crippen MR) is 97.4 cm³/mol. The summed E-state index contributed by atoms with van der Waals surface area (Å²) in [7, 11) is 1.63. The first kappa shape index (κ1) is 17.2. The van der Waals surface area contributed by atoms with Crippen LogP contribution in [-0.4, -0.2) is 55.1 Å². The Hall–Kier alpha value is -1.62. The first-order valence-electron chi connectivity index (χ1n) is 9.05. The van der Waals surface area contributed by atoms with Crippen LogP contribution in [0.2, 0.25) is 0 Å². The Labute approximate surface area is 145 Å². The molecule has 0 spiro atoms. The molecule has 5 nitrogen and oxygen atoms in total. The number of aromatic nitrogens is 1. The van der Waals surface area contributed by atoms with E-state index in [1.165, 1.54) is 25.9 Å². The number of carbonyl (C=O) groups is 1. The zero-order valence-electron chi connectivity index (χ0n) is 15.4. The van der Waals surface area contributed by atoms with Crippen molar-refractivity contribution in [3.8, 4) is 0 Å². The Morgan fingerprint density at radius 1 is 1.25 bits per heavy atom. The van der Waals surface area contributed by atoms with E-state index in [4.69, 9.17) is 0 Å². The van der Waals surface area contributed by atoms with Crippen LogP contribution in [0.4, 0.5) is 5.69 Å². The van der Waals surface area contributed by atoms with Crippen LogP contribution in [0, 0.1) is 11.3 Å². The molecule has 2 fully saturated rings. The molecule has 0 aliphatic carbocycles. The molecule has 5 heteroatoms. The quantitative estimate of drug-likeness (QED) is 0.924. The monoisotopic (exact) mass is 330 g/mol. The highest BCUT2D eigenvalue weighted by molar-refractivity contribution is 5.92. The average Bonchev–Trinajstić information content (AvgIpc) is 2.53. The third-order valence-corrected chi connectivity index (χ3v) is 5.63. The summed E-state index contributed by atoms with van der Waals surface area (Å²) in [5.41, 5.74) is 1.99. The van der Waals surface area contributed by atoms with Crippen molar-refractivity contribution in [2.45, 2.75) is 39.7 Å². The minimum absolute atomic E-state index is 0.135. The van der Waals surface area contributed by atoms with Crippen LogP contribution in [0.5, 0.6) is 0 Å². The summed E-state index contributed by atoms with van der Waals surface area (Å²) < 4.78 is 0. The van der Waals surface area contributed by atoms with Crippen LogP contribution in [0.1, 0.15) is 44.1 Å². The van der Waals surface area contributed by atoms with Gasteiger partial charge in [0.05, 0.1) is 11.9 Å². The van der Waals surface area contributed by atoms with Gasteiger partial charge in [0.25, 0.3) is 5.91 Å². The molecule has 2 aliphatic heterocycles. The van der Waals surface area contributed by atoms with Gasteiger partial charge in [0.1, 0.15) is 5.69 Å². The maximum atomic E-state index is 11.6. The van der Waals surface area contributed by atoms with Gasteiger partial charge < -0.3 is 10.2 Å². The average molecular weight is 330 g/mol. The number of likely N-dealkylation sites (tertiary alicyclic amines) is 1. The van der Waals surface area contributed by atoms with E-state index in [9.17, 15) is 4.79 Å². The highest BCUT2D eigenvalue weighted by atomic mass is 16.1. The molecule has 3 rings (SSSR count). The molecule has 1 unspecified atom stereocenters. The summed E-state index contributed by atoms with van der Waals surface area (Å²) in [6.07, 6.45) is 4.50. The van der Waals surface area contributed by atoms with Crippen LogP contribution in [0.15, 0.2) is 18.3 Å². The van der Waals surface area contributed by atoms with Crippen LogP contribution in [0.25, 0.3) is 0 Å². The van der Waals surface area contributed by atoms with Gasteiger partial charge in [-0.3, -0.25) is 9.69 Å². The Balaban J connectivity index is 1.54. The molecule has 0 radical (unpaired) electrons. The normalized spacial score (nSPS) is 23.0. The maximum Gasteiger partial charge on any atom is 0.269 e. The highest BCUT2D eigenvalue weighted by Crippen LogP contribution is 2.35. The van der Waals surface area contributed by atoms with Gasteiger partial charge >= 0.3 is 0 Å². The summed E-state index contributed by atoms with van der Waals surface area (Å²) in [6.45, 7) is 11.7. The molecule has 0 saturated carbocycles. The molecule has 0 aromatic carbocycles. The summed E-state index contributed by atoms with van der Waals surface area (Å²) in [5.74, 6) is 0.665. The van der Waals surface area contributed by atoms with Gasteiger partial charge in [-0.2, -0.15) is 0 Å². The second-order valence-corrected chi connectivity index (χ2v) is 8.24. The number of rotatable bonds is 3. The Kier molecular flexibility index (Phi) is 4.81. The minimum atomic E-state index is -0.135. The van der Waals surface area contributed by atoms with Crippen LogP contribution >= 0.6 is 0 Å². The van der Waals surface area contributed by atoms with E-state index in [2.05, 4.69) is 40.9 Å². The fraction of sp³-hybridized carbons (Fsp3) is 0.684. The van der Waals surface area contributed by atoms with E-state index >= 15 is 0 Å². The van der Waals surface area contributed by atoms with Crippen molar-refractivity contribution in [3.05, 3.63) is 24.0 Å². The standard InChI is InChI=1S/C19H30N4O/c1-19(2,3)14-6-5-9-22(11-14)16-12-23(13-16)15-7-8-17(21-10-15)18(24)20-4/h7-8,10,14,16H,5-6,9,11-13H2,1-4H3,(H,20,24). The van der Waals surface area contributed by atoms with Crippen molar-refractivity contribution >= 4 is 11.6 Å². The zero-order valence-corrected chi connectivity index (χ0v) is 15.4. The summed E-state index contributed by atoms with van der Waals surface area (Å²) in [5, 5.41) is 2.60. The van der Waals surface area contributed by atoms with Gasteiger partial charge in [-0.05, 0) is 42.9 Å². The minimum Gasteiger partial charge on any atom is -0.367 e. The van der Waals surface area contributed by atoms with Crippen molar-refractivity contribution in [2.24, 2.45) is 11.3 Å². The van der Waals surface area contributed by atoms with Gasteiger partial charge in [0, 0.05) is 32.7 Å². The number of carbonyl (C=O) groups excluding carboxylic acids is 1. The van der Waals surface area contributed by atoms with Gasteiger partial charge in [0.2, 0.25) is 0 Å². The largest absolute Gasteiger partial charge is 0.367 e. The molecular formula is C19H30N4O. The lowest BCUT2D eigenvalue weighted by molar-refractivity contribution is 0.0578. The Bertz CT molecular complexity index is 572. The fourth-order valence-electron chi connectivity index (χ4n) is 3.78. The number of piperidine rings is 1. The van der Waals surface area contributed by atoms with Crippen LogP contribution in [-0.2, 0) is 0 Å². The second-order valence-electron chi connectivity index (χ2n) is 8.24. The first-order valence-corrected chi connectivity index (χ1v) is 9.05. The second kappa shape index (κ2) is 6.71. The van der Waals surface area contributed by atoms with E-state index in [1.54, 1.807) is 13.1 Å². The number of hydrogen-bond donors (Lipinski definition) is 1. The number of amides is 1. The van der Waals surface area contributed by atoms with Crippen LogP contribution < -0.4 is 10.2 Å². The maximum absolute atomic E-state index is 11.6. The summed E-state index contributed by atoms with van der Waals surface area (Å²) >= 11 is 0. The highest BCUT2D eigenvalue weighted by Gasteiger charge is 2.37. The molecule has 132 valence electrons. The number of anilines is 1. The summed E-state index contributed by atoms with van der Waals surface area (Å²) in [6, 6.07) is 4.47. The molecule has 0 bridgehead atoms. The number of nitrogens with zero attached hydrogens (tertiary/aromatic N) is 3. The third kappa shape index (κ3) is 3.56. The molecule has 24 heavy (non-hydrogen) atoms. The topological polar surface area (TPSA) is 48.5 Å². The molecular weight excluding hydrogens is 300 g/mol. The number of nitrogens with one attached hydrogen (secondary N) is 1. The molecule has 2 aliphatic rings. The molecule has 1 amide bonds. The Morgan fingerprint density at radius 2 is 2.00 bits per heavy atom. The predicted octanol–water partition coefficient (Wildman–Crippen LogP) is 2.39. The lowest BCUT2D eigenvalue weighted by atomic mass is 9.76. The van der Waals surface area contributed by atoms with E-state index in [0.717, 1.165) is 24.7 Å². The molecule has 1 atom stereocenters. The molecule has 1 aromatic heterocycles. The van der Waals surface area contributed by atoms with Crippen molar-refractivity contribution < 1.29 is 4.79 Å². The van der Waals surface area contributed by atoms with Gasteiger partial charge in [0.15, 0.2) is 0 Å². The lowest BCUT2D eigenvalue weighted by Gasteiger charge is -2.50. The van der Waals surface area contributed by atoms with Crippen molar-refractivity contribution in [3.63, 3.8) is 0 Å². The molecule has 1 N–H and O–H groups in total. The van der Waals surface area contributed by atoms with Crippen molar-refractivity contribution in [1.82, 2.24) is 15.2 Å². The molecule has 2 saturated heterocycles. The zero-order chi connectivity index (χ0) is 17.3. The van der Waals surface area contributed by atoms with E-state index in [0.29, 0.717) is 17.2 Å². The van der Waals surface area contributed by atoms with Gasteiger partial charge in [-0.15, -0.1) is 0 Å². The van der Waals surface area contributed by atoms with Crippen molar-refractivity contribution in [1.29, 1.82) is 0 Å². The van der Waals surface area contributed by atoms with Crippen LogP contribution in [0.3, 0.4) is 0 Å². The Morgan fingerprint density at radius 3 is 2.58 bits per heavy atom. The number of pyridine rings is 1. The van der Waals surface area contributed by atoms with Gasteiger partial charge in [-0.1, -0.05) is 20.8 Å². The molecule has 1 aromatic rings. The molecule has 3 heterocycles.